The average Bonchev–Trinajstić information content (AvgIpc) is 3.22. The van der Waals surface area contributed by atoms with Crippen LogP contribution in [0.2, 0.25) is 0 Å². The highest BCUT2D eigenvalue weighted by atomic mass is 16.6. The highest BCUT2D eigenvalue weighted by molar-refractivity contribution is 5.96. The number of nitrogens with zero attached hydrogens (tertiary/aromatic N) is 1. The number of aliphatic hydroxyl groups excluding tert-OH is 1. The van der Waals surface area contributed by atoms with Crippen LogP contribution in [0.1, 0.15) is 76.9 Å². The Hall–Kier alpha value is -3.15. The first-order valence-electron chi connectivity index (χ1n) is 14.4. The molecule has 4 aliphatic carbocycles. The van der Waals surface area contributed by atoms with E-state index in [0.29, 0.717) is 29.7 Å². The van der Waals surface area contributed by atoms with E-state index in [0.717, 1.165) is 50.7 Å². The molecule has 0 spiro atoms. The van der Waals surface area contributed by atoms with Crippen molar-refractivity contribution in [2.75, 3.05) is 6.61 Å². The summed E-state index contributed by atoms with van der Waals surface area (Å²) in [6.07, 6.45) is 13.9. The zero-order chi connectivity index (χ0) is 28.7. The van der Waals surface area contributed by atoms with Crippen molar-refractivity contribution >= 4 is 17.6 Å². The lowest BCUT2D eigenvalue weighted by Gasteiger charge is -2.58. The van der Waals surface area contributed by atoms with Crippen molar-refractivity contribution in [2.45, 2.75) is 83.0 Å². The highest BCUT2D eigenvalue weighted by Crippen LogP contribution is 2.67. The summed E-state index contributed by atoms with van der Waals surface area (Å²) in [6.45, 7) is 4.13. The van der Waals surface area contributed by atoms with Crippen LogP contribution in [0.25, 0.3) is 0 Å². The molecule has 0 bridgehead atoms. The minimum absolute atomic E-state index is 0.0692. The molecule has 1 amide bonds. The van der Waals surface area contributed by atoms with Crippen LogP contribution in [0.4, 0.5) is 0 Å². The lowest BCUT2D eigenvalue weighted by atomic mass is 9.46. The number of rotatable bonds is 7. The van der Waals surface area contributed by atoms with Gasteiger partial charge in [0.2, 0.25) is 0 Å². The molecule has 1 aromatic carbocycles. The first-order valence-corrected chi connectivity index (χ1v) is 14.4. The number of benzene rings is 1. The molecule has 1 aromatic rings. The molecular weight excluding hydrogens is 508 g/mol. The maximum Gasteiger partial charge on any atom is 0.329 e. The number of nitrogens with one attached hydrogen (secondary N) is 1. The van der Waals surface area contributed by atoms with E-state index in [1.54, 1.807) is 30.3 Å². The number of amides is 1. The maximum absolute atomic E-state index is 12.4. The molecule has 3 saturated carbocycles. The summed E-state index contributed by atoms with van der Waals surface area (Å²) in [5.41, 5.74) is 1.40. The number of carboxylic acids is 1. The smallest absolute Gasteiger partial charge is 0.329 e. The second-order valence-corrected chi connectivity index (χ2v) is 12.6. The monoisotopic (exact) mass is 548 g/mol. The van der Waals surface area contributed by atoms with Gasteiger partial charge in [0.25, 0.3) is 5.91 Å². The molecule has 0 heterocycles. The van der Waals surface area contributed by atoms with Crippen molar-refractivity contribution in [1.29, 1.82) is 0 Å². The van der Waals surface area contributed by atoms with Crippen LogP contribution in [0.15, 0.2) is 47.1 Å². The number of fused-ring (bicyclic) bond motifs is 5. The summed E-state index contributed by atoms with van der Waals surface area (Å²) < 4.78 is 0. The summed E-state index contributed by atoms with van der Waals surface area (Å²) >= 11 is 0. The molecule has 0 aliphatic heterocycles. The zero-order valence-electron chi connectivity index (χ0n) is 23.3. The van der Waals surface area contributed by atoms with E-state index in [9.17, 15) is 24.9 Å². The first kappa shape index (κ1) is 28.4. The van der Waals surface area contributed by atoms with Crippen molar-refractivity contribution in [1.82, 2.24) is 5.32 Å². The normalized spacial score (nSPS) is 37.1. The van der Waals surface area contributed by atoms with Gasteiger partial charge in [-0.2, -0.15) is 0 Å². The lowest BCUT2D eigenvalue weighted by molar-refractivity contribution is -0.146. The summed E-state index contributed by atoms with van der Waals surface area (Å²) in [7, 11) is 0. The Morgan fingerprint density at radius 3 is 2.55 bits per heavy atom. The Morgan fingerprint density at radius 2 is 1.85 bits per heavy atom. The molecule has 0 aromatic heterocycles. The Labute approximate surface area is 235 Å². The third-order valence-electron chi connectivity index (χ3n) is 10.8. The second-order valence-electron chi connectivity index (χ2n) is 12.6. The fourth-order valence-corrected chi connectivity index (χ4v) is 8.40. The van der Waals surface area contributed by atoms with Gasteiger partial charge in [0, 0.05) is 5.41 Å². The lowest BCUT2D eigenvalue weighted by Crippen LogP contribution is -2.54. The van der Waals surface area contributed by atoms with Crippen molar-refractivity contribution < 1.29 is 29.7 Å². The minimum Gasteiger partial charge on any atom is -0.480 e. The number of oxime groups is 1. The van der Waals surface area contributed by atoms with Crippen LogP contribution in [0.3, 0.4) is 0 Å². The van der Waals surface area contributed by atoms with Gasteiger partial charge in [-0.1, -0.05) is 60.8 Å². The largest absolute Gasteiger partial charge is 0.480 e. The van der Waals surface area contributed by atoms with Gasteiger partial charge in [0.15, 0.2) is 12.6 Å². The molecule has 4 aliphatic rings. The third-order valence-corrected chi connectivity index (χ3v) is 10.8. The average molecular weight is 549 g/mol. The van der Waals surface area contributed by atoms with Crippen LogP contribution in [-0.4, -0.2) is 51.2 Å². The Morgan fingerprint density at radius 1 is 1.12 bits per heavy atom. The number of hydrogen-bond donors (Lipinski definition) is 4. The van der Waals surface area contributed by atoms with Gasteiger partial charge in [0.1, 0.15) is 11.7 Å². The fourth-order valence-electron chi connectivity index (χ4n) is 8.40. The van der Waals surface area contributed by atoms with Crippen molar-refractivity contribution in [3.63, 3.8) is 0 Å². The highest BCUT2D eigenvalue weighted by Gasteiger charge is 2.63. The van der Waals surface area contributed by atoms with Gasteiger partial charge < -0.3 is 25.5 Å². The van der Waals surface area contributed by atoms with E-state index in [-0.39, 0.29) is 10.8 Å². The van der Waals surface area contributed by atoms with E-state index >= 15 is 0 Å². The van der Waals surface area contributed by atoms with Crippen LogP contribution in [0.5, 0.6) is 0 Å². The molecule has 0 radical (unpaired) electrons. The van der Waals surface area contributed by atoms with Gasteiger partial charge >= 0.3 is 5.97 Å². The number of terminal acetylenes is 1. The summed E-state index contributed by atoms with van der Waals surface area (Å²) in [4.78, 5) is 29.5. The topological polar surface area (TPSA) is 128 Å². The predicted octanol–water partition coefficient (Wildman–Crippen LogP) is 3.99. The van der Waals surface area contributed by atoms with Crippen LogP contribution < -0.4 is 5.32 Å². The molecule has 0 unspecified atom stereocenters. The molecule has 8 atom stereocenters. The van der Waals surface area contributed by atoms with Gasteiger partial charge in [0.05, 0.1) is 5.71 Å². The standard InChI is InChI=1S/C32H40N2O6/c1-4-32(39)17-14-25-23-11-10-21-18-22(12-15-30(21,2)24(23)13-16-31(25,32)3)34-40-19-26(35)33-27(29(37)38)28(36)20-8-6-5-7-9-20/h1,5-9,18,23-25,27-28,36,39H,10-17,19H2,2-3H3,(H,33,35)(H,37,38)/b34-22+/t23-,24+,25+,27+,28-,30+,31+,32+/m1/s1. The van der Waals surface area contributed by atoms with Crippen LogP contribution in [-0.2, 0) is 14.4 Å². The zero-order valence-corrected chi connectivity index (χ0v) is 23.3. The number of aliphatic hydroxyl groups is 2. The maximum atomic E-state index is 12.4. The van der Waals surface area contributed by atoms with E-state index in [4.69, 9.17) is 11.3 Å². The molecule has 0 saturated heterocycles. The molecule has 40 heavy (non-hydrogen) atoms. The third kappa shape index (κ3) is 4.73. The number of carboxylic acid groups (broad SMARTS) is 1. The van der Waals surface area contributed by atoms with Gasteiger partial charge in [-0.3, -0.25) is 4.79 Å². The SMILES string of the molecule is C#C[C@]1(O)CC[C@H]2[C@@H]3CCC4=C/C(=N/OCC(=O)N[C@H](C(=O)O)[C@H](O)c5ccccc5)CC[C@]4(C)[C@H]3CC[C@@]21C. The molecule has 3 fully saturated rings. The number of carbonyl (C=O) groups is 2. The fraction of sp³-hybridized carbons (Fsp3) is 0.594. The molecule has 8 heteroatoms. The molecule has 5 rings (SSSR count). The molecule has 4 N–H and O–H groups in total. The first-order chi connectivity index (χ1) is 19.0. The van der Waals surface area contributed by atoms with E-state index in [1.807, 2.05) is 0 Å². The summed E-state index contributed by atoms with van der Waals surface area (Å²) in [5, 5.41) is 37.7. The van der Waals surface area contributed by atoms with Gasteiger partial charge in [-0.15, -0.1) is 6.42 Å². The van der Waals surface area contributed by atoms with Crippen molar-refractivity contribution in [3.8, 4) is 12.3 Å². The van der Waals surface area contributed by atoms with Crippen molar-refractivity contribution in [2.24, 2.45) is 33.7 Å². The Balaban J connectivity index is 1.21. The number of carbonyl (C=O) groups excluding carboxylic acids is 1. The Bertz CT molecular complexity index is 1250. The predicted molar refractivity (Wildman–Crippen MR) is 150 cm³/mol. The van der Waals surface area contributed by atoms with E-state index < -0.39 is 36.2 Å². The van der Waals surface area contributed by atoms with E-state index in [2.05, 4.69) is 36.3 Å². The Kier molecular flexibility index (Phi) is 7.58. The van der Waals surface area contributed by atoms with Gasteiger partial charge in [-0.25, -0.2) is 4.79 Å². The van der Waals surface area contributed by atoms with Crippen LogP contribution >= 0.6 is 0 Å². The molecule has 214 valence electrons. The summed E-state index contributed by atoms with van der Waals surface area (Å²) in [5.74, 6) is 2.27. The summed E-state index contributed by atoms with van der Waals surface area (Å²) in [6, 6.07) is 6.83. The van der Waals surface area contributed by atoms with Crippen molar-refractivity contribution in [3.05, 3.63) is 47.5 Å². The molecular formula is C32H40N2O6. The number of allylic oxidation sites excluding steroid dienone is 2. The quantitative estimate of drug-likeness (QED) is 0.301. The number of aliphatic carboxylic acids is 1. The van der Waals surface area contributed by atoms with Crippen LogP contribution in [0, 0.1) is 40.9 Å². The molecule has 8 nitrogen and oxygen atoms in total. The minimum atomic E-state index is -1.51. The van der Waals surface area contributed by atoms with Gasteiger partial charge in [-0.05, 0) is 86.2 Å². The number of hydrogen-bond acceptors (Lipinski definition) is 6. The second kappa shape index (κ2) is 10.7. The van der Waals surface area contributed by atoms with E-state index in [1.165, 1.54) is 5.57 Å².